The maximum Gasteiger partial charge on any atom is 0.514 e. The van der Waals surface area contributed by atoms with Crippen LogP contribution in [0.2, 0.25) is 0 Å². The van der Waals surface area contributed by atoms with Crippen molar-refractivity contribution in [2.75, 3.05) is 6.61 Å². The summed E-state index contributed by atoms with van der Waals surface area (Å²) in [5.41, 5.74) is 3.92. The van der Waals surface area contributed by atoms with Gasteiger partial charge in [-0.2, -0.15) is 0 Å². The van der Waals surface area contributed by atoms with Crippen LogP contribution in [0, 0.1) is 0 Å². The number of amides is 1. The highest BCUT2D eigenvalue weighted by Crippen LogP contribution is 2.32. The van der Waals surface area contributed by atoms with Gasteiger partial charge in [-0.25, -0.2) is 14.4 Å². The zero-order valence-electron chi connectivity index (χ0n) is 26.7. The van der Waals surface area contributed by atoms with Gasteiger partial charge in [0.15, 0.2) is 12.4 Å². The Morgan fingerprint density at radius 3 is 1.88 bits per heavy atom. The number of carbonyl (C=O) groups excluding carboxylic acids is 4. The van der Waals surface area contributed by atoms with Crippen LogP contribution in [-0.2, 0) is 38.6 Å². The fraction of sp³-hybridized carbons (Fsp3) is 0.282. The Bertz CT molecular complexity index is 1630. The smallest absolute Gasteiger partial charge is 0.456 e. The molecule has 1 fully saturated rings. The molecule has 0 heterocycles. The highest BCUT2D eigenvalue weighted by molar-refractivity contribution is 5.98. The number of ether oxygens (including phenoxy) is 4. The minimum atomic E-state index is -1.16. The van der Waals surface area contributed by atoms with E-state index in [9.17, 15) is 19.2 Å². The molecule has 0 unspecified atom stereocenters. The Hall–Kier alpha value is -5.44. The van der Waals surface area contributed by atoms with Crippen LogP contribution in [0.1, 0.15) is 70.6 Å². The van der Waals surface area contributed by atoms with Crippen LogP contribution in [0.4, 0.5) is 9.59 Å². The van der Waals surface area contributed by atoms with E-state index in [1.807, 2.05) is 72.8 Å². The maximum atomic E-state index is 13.2. The molecule has 4 aromatic rings. The zero-order valence-corrected chi connectivity index (χ0v) is 26.7. The van der Waals surface area contributed by atoms with Crippen LogP contribution in [-0.4, -0.2) is 36.6 Å². The van der Waals surface area contributed by atoms with Crippen molar-refractivity contribution in [3.63, 3.8) is 0 Å². The summed E-state index contributed by atoms with van der Waals surface area (Å²) in [6.45, 7) is -0.394. The molecule has 0 radical (unpaired) electrons. The maximum absolute atomic E-state index is 13.2. The van der Waals surface area contributed by atoms with Crippen molar-refractivity contribution in [1.29, 1.82) is 0 Å². The van der Waals surface area contributed by atoms with Gasteiger partial charge in [-0.3, -0.25) is 4.79 Å². The number of benzene rings is 4. The number of rotatable bonds is 13. The Labute approximate surface area is 280 Å². The summed E-state index contributed by atoms with van der Waals surface area (Å²) in [4.78, 5) is 51.0. The van der Waals surface area contributed by atoms with Crippen LogP contribution in [0.5, 0.6) is 5.75 Å². The third-order valence-corrected chi connectivity index (χ3v) is 8.21. The van der Waals surface area contributed by atoms with Crippen molar-refractivity contribution < 1.29 is 38.1 Å². The molecular weight excluding hydrogens is 610 g/mol. The van der Waals surface area contributed by atoms with Gasteiger partial charge in [-0.05, 0) is 53.1 Å². The number of ketones is 1. The number of alkyl carbamates (subject to hydrolysis) is 1. The molecule has 1 saturated carbocycles. The molecule has 9 nitrogen and oxygen atoms in total. The first kappa shape index (κ1) is 33.9. The molecule has 1 aliphatic carbocycles. The van der Waals surface area contributed by atoms with Crippen molar-refractivity contribution in [1.82, 2.24) is 5.32 Å². The molecule has 1 atom stereocenters. The lowest BCUT2D eigenvalue weighted by Crippen LogP contribution is -2.44. The van der Waals surface area contributed by atoms with E-state index >= 15 is 0 Å². The normalized spacial score (nSPS) is 13.5. The van der Waals surface area contributed by atoms with Gasteiger partial charge in [0.05, 0.1) is 0 Å². The minimum absolute atomic E-state index is 0.0101. The summed E-state index contributed by atoms with van der Waals surface area (Å²) in [5.74, 6) is -0.372. The van der Waals surface area contributed by atoms with Crippen LogP contribution < -0.4 is 10.1 Å². The number of hydrogen-bond donors (Lipinski definition) is 1. The highest BCUT2D eigenvalue weighted by atomic mass is 16.7. The van der Waals surface area contributed by atoms with Crippen molar-refractivity contribution in [3.05, 3.63) is 137 Å². The van der Waals surface area contributed by atoms with Gasteiger partial charge >= 0.3 is 18.2 Å². The largest absolute Gasteiger partial charge is 0.514 e. The molecule has 0 bridgehead atoms. The van der Waals surface area contributed by atoms with E-state index in [1.165, 1.54) is 24.8 Å². The van der Waals surface area contributed by atoms with Gasteiger partial charge < -0.3 is 24.3 Å². The van der Waals surface area contributed by atoms with E-state index in [-0.39, 0.29) is 31.2 Å². The molecule has 1 amide bonds. The third-order valence-electron chi connectivity index (χ3n) is 8.21. The topological polar surface area (TPSA) is 117 Å². The number of carbonyl (C=O) groups is 4. The monoisotopic (exact) mass is 649 g/mol. The minimum Gasteiger partial charge on any atom is -0.456 e. The average Bonchev–Trinajstić information content (AvgIpc) is 3.14. The zero-order chi connectivity index (χ0) is 33.6. The summed E-state index contributed by atoms with van der Waals surface area (Å²) in [5, 5.41) is 2.57. The van der Waals surface area contributed by atoms with Gasteiger partial charge in [-0.15, -0.1) is 0 Å². The Morgan fingerprint density at radius 1 is 0.646 bits per heavy atom. The first-order valence-corrected chi connectivity index (χ1v) is 16.2. The van der Waals surface area contributed by atoms with Crippen LogP contribution in [0.25, 0.3) is 0 Å². The lowest BCUT2D eigenvalue weighted by atomic mass is 9.84. The first-order valence-electron chi connectivity index (χ1n) is 16.2. The van der Waals surface area contributed by atoms with E-state index in [1.54, 1.807) is 36.4 Å². The van der Waals surface area contributed by atoms with E-state index in [4.69, 9.17) is 18.9 Å². The summed E-state index contributed by atoms with van der Waals surface area (Å²) in [6.07, 6.45) is 4.38. The Balaban J connectivity index is 1.17. The lowest BCUT2D eigenvalue weighted by molar-refractivity contribution is -0.144. The molecule has 4 aromatic carbocycles. The summed E-state index contributed by atoms with van der Waals surface area (Å²) in [7, 11) is 0. The standard InChI is InChI=1S/C39H39NO8/c41-36(33-20-18-32(19-21-33)31-14-8-3-9-15-31)27-45-37(42)35(40-38(43)46-25-29-10-4-1-5-11-29)24-28-16-22-34(23-17-28)48-39(44)47-26-30-12-6-2-7-13-30/h1-2,4-7,10-13,16-23,31,35H,3,8-9,14-15,24-27H2,(H,40,43)/t35-/m0/s1. The first-order chi connectivity index (χ1) is 23.4. The fourth-order valence-corrected chi connectivity index (χ4v) is 5.57. The molecule has 248 valence electrons. The van der Waals surface area contributed by atoms with E-state index in [0.29, 0.717) is 17.0 Å². The number of esters is 1. The van der Waals surface area contributed by atoms with E-state index < -0.39 is 30.9 Å². The van der Waals surface area contributed by atoms with E-state index in [2.05, 4.69) is 5.32 Å². The van der Waals surface area contributed by atoms with Gasteiger partial charge in [0.1, 0.15) is 25.0 Å². The molecule has 0 aromatic heterocycles. The Morgan fingerprint density at radius 2 is 1.25 bits per heavy atom. The molecule has 48 heavy (non-hydrogen) atoms. The molecular formula is C39H39NO8. The second-order valence-corrected chi connectivity index (χ2v) is 11.7. The molecule has 9 heteroatoms. The molecule has 1 aliphatic rings. The highest BCUT2D eigenvalue weighted by Gasteiger charge is 2.25. The fourth-order valence-electron chi connectivity index (χ4n) is 5.57. The molecule has 0 saturated heterocycles. The average molecular weight is 650 g/mol. The second kappa shape index (κ2) is 17.5. The quantitative estimate of drug-likeness (QED) is 0.0678. The van der Waals surface area contributed by atoms with E-state index in [0.717, 1.165) is 24.0 Å². The van der Waals surface area contributed by atoms with Crippen molar-refractivity contribution in [2.45, 2.75) is 63.7 Å². The summed E-state index contributed by atoms with van der Waals surface area (Å²) < 4.78 is 21.1. The van der Waals surface area contributed by atoms with Gasteiger partial charge in [0.2, 0.25) is 0 Å². The van der Waals surface area contributed by atoms with Crippen LogP contribution in [0.3, 0.4) is 0 Å². The lowest BCUT2D eigenvalue weighted by Gasteiger charge is -2.22. The number of nitrogens with one attached hydrogen (secondary N) is 1. The predicted molar refractivity (Wildman–Crippen MR) is 179 cm³/mol. The van der Waals surface area contributed by atoms with Crippen LogP contribution in [0.15, 0.2) is 109 Å². The predicted octanol–water partition coefficient (Wildman–Crippen LogP) is 7.71. The van der Waals surface area contributed by atoms with Gasteiger partial charge in [0, 0.05) is 12.0 Å². The number of Topliss-reactive ketones (excluding diaryl/α,β-unsaturated/α-hetero) is 1. The van der Waals surface area contributed by atoms with Crippen molar-refractivity contribution >= 4 is 24.0 Å². The van der Waals surface area contributed by atoms with Gasteiger partial charge in [0.25, 0.3) is 0 Å². The van der Waals surface area contributed by atoms with Gasteiger partial charge in [-0.1, -0.05) is 116 Å². The summed E-state index contributed by atoms with van der Waals surface area (Å²) in [6, 6.07) is 31.1. The third kappa shape index (κ3) is 10.6. The van der Waals surface area contributed by atoms with Crippen LogP contribution >= 0.6 is 0 Å². The number of hydrogen-bond acceptors (Lipinski definition) is 8. The molecule has 5 rings (SSSR count). The molecule has 0 aliphatic heterocycles. The molecule has 1 N–H and O–H groups in total. The summed E-state index contributed by atoms with van der Waals surface area (Å²) >= 11 is 0. The SMILES string of the molecule is O=C(N[C@@H](Cc1ccc(OC(=O)OCc2ccccc2)cc1)C(=O)OCC(=O)c1ccc(C2CCCCC2)cc1)OCc1ccccc1. The molecule has 0 spiro atoms. The van der Waals surface area contributed by atoms with Crippen molar-refractivity contribution in [2.24, 2.45) is 0 Å². The van der Waals surface area contributed by atoms with Crippen molar-refractivity contribution in [3.8, 4) is 5.75 Å². The Kier molecular flexibility index (Phi) is 12.3. The second-order valence-electron chi connectivity index (χ2n) is 11.7.